The van der Waals surface area contributed by atoms with Crippen molar-refractivity contribution in [2.75, 3.05) is 0 Å². The summed E-state index contributed by atoms with van der Waals surface area (Å²) < 4.78 is 0. The minimum Gasteiger partial charge on any atom is -1.00 e. The molecular formula is C4H4I2IrN. The molecule has 0 aliphatic rings. The molecule has 0 aromatic carbocycles. The molecule has 1 N–H and O–H groups in total. The molecule has 1 heterocycles. The second-order valence-electron chi connectivity index (χ2n) is 0.814. The number of nitrogens with one attached hydrogen (secondary N) is 1. The topological polar surface area (TPSA) is 15.8 Å². The van der Waals surface area contributed by atoms with E-state index in [-0.39, 0.29) is 68.1 Å². The largest absolute Gasteiger partial charge is 3.00 e. The maximum atomic E-state index is 2.74. The number of hydrogen-bond donors (Lipinski definition) is 1. The van der Waals surface area contributed by atoms with Gasteiger partial charge in [-0.05, 0) is 0 Å². The molecule has 0 bridgehead atoms. The van der Waals surface area contributed by atoms with Gasteiger partial charge in [-0.2, -0.15) is 18.3 Å². The molecular weight excluding hydrogens is 508 g/mol. The van der Waals surface area contributed by atoms with Gasteiger partial charge in [0.2, 0.25) is 0 Å². The van der Waals surface area contributed by atoms with Crippen LogP contribution in [0.1, 0.15) is 0 Å². The maximum Gasteiger partial charge on any atom is 3.00 e. The summed E-state index contributed by atoms with van der Waals surface area (Å²) in [5.74, 6) is 0. The number of aromatic amines is 1. The molecule has 0 aliphatic carbocycles. The van der Waals surface area contributed by atoms with E-state index in [9.17, 15) is 0 Å². The van der Waals surface area contributed by atoms with Crippen LogP contribution in [0.25, 0.3) is 0 Å². The van der Waals surface area contributed by atoms with Gasteiger partial charge < -0.3 is 52.9 Å². The maximum absolute atomic E-state index is 2.74. The summed E-state index contributed by atoms with van der Waals surface area (Å²) in [5.41, 5.74) is 0. The summed E-state index contributed by atoms with van der Waals surface area (Å²) >= 11 is 0. The van der Waals surface area contributed by atoms with Crippen molar-refractivity contribution in [3.05, 3.63) is 24.5 Å². The van der Waals surface area contributed by atoms with E-state index in [1.165, 1.54) is 0 Å². The molecule has 4 heteroatoms. The zero-order valence-corrected chi connectivity index (χ0v) is 10.5. The normalized spacial score (nSPS) is 5.00. The van der Waals surface area contributed by atoms with Crippen LogP contribution in [-0.4, -0.2) is 4.98 Å². The Bertz CT molecular complexity index is 70.5. The second-order valence-corrected chi connectivity index (χ2v) is 0.814. The fraction of sp³-hybridized carbons (Fsp3) is 0. The molecule has 0 spiro atoms. The van der Waals surface area contributed by atoms with Gasteiger partial charge in [-0.15, -0.1) is 6.20 Å². The Balaban J connectivity index is -0.0000000833. The van der Waals surface area contributed by atoms with Gasteiger partial charge in [0.25, 0.3) is 0 Å². The number of halogens is 2. The molecule has 0 amide bonds. The molecule has 48 valence electrons. The smallest absolute Gasteiger partial charge is 1.00 e. The van der Waals surface area contributed by atoms with Gasteiger partial charge in [-0.1, -0.05) is 0 Å². The third-order valence-corrected chi connectivity index (χ3v) is 0.442. The van der Waals surface area contributed by atoms with Crippen molar-refractivity contribution in [1.82, 2.24) is 4.98 Å². The predicted octanol–water partition coefficient (Wildman–Crippen LogP) is -5.18. The molecule has 1 nitrogen and oxygen atoms in total. The molecule has 0 radical (unpaired) electrons. The van der Waals surface area contributed by atoms with E-state index in [1.807, 2.05) is 18.3 Å². The van der Waals surface area contributed by atoms with Crippen LogP contribution in [-0.2, 0) is 20.1 Å². The van der Waals surface area contributed by atoms with Gasteiger partial charge in [0.15, 0.2) is 0 Å². The Morgan fingerprint density at radius 1 is 1.25 bits per heavy atom. The van der Waals surface area contributed by atoms with Gasteiger partial charge in [0.05, 0.1) is 0 Å². The number of H-pyrrole nitrogens is 1. The minimum atomic E-state index is 0. The first-order valence-electron chi connectivity index (χ1n) is 1.49. The molecule has 1 aromatic heterocycles. The molecule has 0 fully saturated rings. The summed E-state index contributed by atoms with van der Waals surface area (Å²) in [4.78, 5) is 2.74. The van der Waals surface area contributed by atoms with E-state index in [2.05, 4.69) is 11.2 Å². The Kier molecular flexibility index (Phi) is 22.7. The second kappa shape index (κ2) is 11.2. The van der Waals surface area contributed by atoms with E-state index in [1.54, 1.807) is 0 Å². The zero-order valence-electron chi connectivity index (χ0n) is 3.82. The molecule has 0 aliphatic heterocycles. The first kappa shape index (κ1) is 16.2. The Labute approximate surface area is 96.4 Å². The van der Waals surface area contributed by atoms with Gasteiger partial charge in [0, 0.05) is 0 Å². The van der Waals surface area contributed by atoms with Crippen LogP contribution in [0.4, 0.5) is 0 Å². The molecule has 1 rings (SSSR count). The zero-order chi connectivity index (χ0) is 3.54. The summed E-state index contributed by atoms with van der Waals surface area (Å²) in [6.07, 6.45) is 4.56. The van der Waals surface area contributed by atoms with Crippen LogP contribution in [0.2, 0.25) is 0 Å². The van der Waals surface area contributed by atoms with E-state index < -0.39 is 0 Å². The van der Waals surface area contributed by atoms with Crippen molar-refractivity contribution < 1.29 is 68.1 Å². The molecule has 0 unspecified atom stereocenters. The third kappa shape index (κ3) is 7.39. The summed E-state index contributed by atoms with van der Waals surface area (Å²) in [5, 5.41) is 0. The van der Waals surface area contributed by atoms with Crippen molar-refractivity contribution in [3.63, 3.8) is 0 Å². The first-order valence-corrected chi connectivity index (χ1v) is 1.49. The summed E-state index contributed by atoms with van der Waals surface area (Å²) in [6.45, 7) is 0. The quantitative estimate of drug-likeness (QED) is 0.265. The van der Waals surface area contributed by atoms with Crippen LogP contribution >= 0.6 is 0 Å². The summed E-state index contributed by atoms with van der Waals surface area (Å²) in [6, 6.07) is 3.71. The fourth-order valence-electron chi connectivity index (χ4n) is 0.241. The molecule has 1 aromatic rings. The van der Waals surface area contributed by atoms with Gasteiger partial charge in [-0.3, -0.25) is 0 Å². The molecule has 0 atom stereocenters. The predicted molar refractivity (Wildman–Crippen MR) is 19.6 cm³/mol. The fourth-order valence-corrected chi connectivity index (χ4v) is 0.241. The van der Waals surface area contributed by atoms with E-state index in [0.29, 0.717) is 0 Å². The Hall–Kier alpha value is 1.39. The standard InChI is InChI=1S/C4H4N.2HI.Ir/c1-2-4-5-3-1;;;/h1-3,5H;2*1H;/q-1;;;+3/p-2. The molecule has 0 saturated carbocycles. The van der Waals surface area contributed by atoms with Crippen LogP contribution in [0.3, 0.4) is 0 Å². The van der Waals surface area contributed by atoms with Gasteiger partial charge >= 0.3 is 20.1 Å². The Morgan fingerprint density at radius 2 is 1.88 bits per heavy atom. The summed E-state index contributed by atoms with van der Waals surface area (Å²) in [7, 11) is 0. The van der Waals surface area contributed by atoms with Crippen LogP contribution in [0.5, 0.6) is 0 Å². The average molecular weight is 512 g/mol. The molecule has 0 saturated heterocycles. The van der Waals surface area contributed by atoms with Crippen molar-refractivity contribution in [1.29, 1.82) is 0 Å². The van der Waals surface area contributed by atoms with Crippen molar-refractivity contribution in [2.24, 2.45) is 0 Å². The first-order chi connectivity index (χ1) is 2.50. The van der Waals surface area contributed by atoms with E-state index >= 15 is 0 Å². The van der Waals surface area contributed by atoms with Gasteiger partial charge in [-0.25, -0.2) is 0 Å². The number of rotatable bonds is 0. The van der Waals surface area contributed by atoms with E-state index in [0.717, 1.165) is 0 Å². The third-order valence-electron chi connectivity index (χ3n) is 0.442. The van der Waals surface area contributed by atoms with Gasteiger partial charge in [0.1, 0.15) is 0 Å². The van der Waals surface area contributed by atoms with Crippen molar-refractivity contribution in [3.8, 4) is 0 Å². The molecule has 8 heavy (non-hydrogen) atoms. The van der Waals surface area contributed by atoms with E-state index in [4.69, 9.17) is 0 Å². The van der Waals surface area contributed by atoms with Crippen LogP contribution in [0.15, 0.2) is 18.3 Å². The minimum absolute atomic E-state index is 0. The van der Waals surface area contributed by atoms with Crippen LogP contribution < -0.4 is 48.0 Å². The monoisotopic (exact) mass is 513 g/mol. The average Bonchev–Trinajstić information content (AvgIpc) is 1.76. The number of hydrogen-bond acceptors (Lipinski definition) is 0. The van der Waals surface area contributed by atoms with Crippen molar-refractivity contribution in [2.45, 2.75) is 0 Å². The van der Waals surface area contributed by atoms with Crippen LogP contribution in [0, 0.1) is 6.20 Å². The van der Waals surface area contributed by atoms with Crippen molar-refractivity contribution >= 4 is 0 Å². The number of aromatic nitrogens is 1. The Morgan fingerprint density at radius 3 is 2.00 bits per heavy atom. The SMILES string of the molecule is [I-].[I-].[Ir+3].[c-]1ccc[nH]1.